The average Bonchev–Trinajstić information content (AvgIpc) is 2.62. The van der Waals surface area contributed by atoms with Crippen molar-refractivity contribution in [3.05, 3.63) is 0 Å². The summed E-state index contributed by atoms with van der Waals surface area (Å²) in [5.41, 5.74) is 11.2. The van der Waals surface area contributed by atoms with Crippen LogP contribution < -0.4 is 27.4 Å². The Balaban J connectivity index is 4.71. The van der Waals surface area contributed by atoms with E-state index in [4.69, 9.17) is 16.6 Å². The van der Waals surface area contributed by atoms with Crippen molar-refractivity contribution in [2.24, 2.45) is 17.4 Å². The summed E-state index contributed by atoms with van der Waals surface area (Å²) in [6.07, 6.45) is 1.88. The summed E-state index contributed by atoms with van der Waals surface area (Å²) in [7, 11) is 0. The number of hydrogen-bond acceptors (Lipinski definition) is 7. The third-order valence-electron chi connectivity index (χ3n) is 4.10. The Morgan fingerprint density at radius 2 is 1.57 bits per heavy atom. The van der Waals surface area contributed by atoms with Crippen LogP contribution >= 0.6 is 12.6 Å². The van der Waals surface area contributed by atoms with Crippen molar-refractivity contribution in [3.63, 3.8) is 0 Å². The SMILES string of the molecule is CC(NC(=O)C(CS)NC(=O)C(N)CCCCN)C(=O)NC(C(=O)O)C(C)C. The van der Waals surface area contributed by atoms with Gasteiger partial charge in [-0.1, -0.05) is 20.3 Å². The van der Waals surface area contributed by atoms with Crippen LogP contribution in [-0.4, -0.2) is 65.3 Å². The standard InChI is InChI=1S/C17H33N5O5S/c1-9(2)13(17(26)27)22-14(23)10(3)20-16(25)12(8-28)21-15(24)11(19)6-4-5-7-18/h9-13,28H,4-8,18-19H2,1-3H3,(H,20,25)(H,21,24)(H,22,23)(H,26,27). The van der Waals surface area contributed by atoms with Crippen LogP contribution in [0.1, 0.15) is 40.0 Å². The third-order valence-corrected chi connectivity index (χ3v) is 4.47. The molecule has 0 bridgehead atoms. The summed E-state index contributed by atoms with van der Waals surface area (Å²) < 4.78 is 0. The molecule has 0 aromatic heterocycles. The minimum absolute atomic E-state index is 0.00514. The molecule has 0 saturated carbocycles. The molecule has 0 aliphatic heterocycles. The van der Waals surface area contributed by atoms with Crippen LogP contribution in [0.15, 0.2) is 0 Å². The molecule has 162 valence electrons. The van der Waals surface area contributed by atoms with E-state index in [1.165, 1.54) is 6.92 Å². The van der Waals surface area contributed by atoms with Gasteiger partial charge in [0.05, 0.1) is 6.04 Å². The van der Waals surface area contributed by atoms with E-state index in [-0.39, 0.29) is 11.7 Å². The van der Waals surface area contributed by atoms with Crippen LogP contribution in [-0.2, 0) is 19.2 Å². The Bertz CT molecular complexity index is 546. The second kappa shape index (κ2) is 13.3. The van der Waals surface area contributed by atoms with Gasteiger partial charge in [0.1, 0.15) is 18.1 Å². The molecule has 4 unspecified atom stereocenters. The number of unbranched alkanes of at least 4 members (excludes halogenated alkanes) is 1. The van der Waals surface area contributed by atoms with Crippen LogP contribution in [0.3, 0.4) is 0 Å². The highest BCUT2D eigenvalue weighted by atomic mass is 32.1. The maximum Gasteiger partial charge on any atom is 0.326 e. The number of nitrogens with two attached hydrogens (primary N) is 2. The first kappa shape index (κ1) is 26.1. The number of carboxylic acid groups (broad SMARTS) is 1. The van der Waals surface area contributed by atoms with Gasteiger partial charge in [0.2, 0.25) is 17.7 Å². The number of nitrogens with one attached hydrogen (secondary N) is 3. The lowest BCUT2D eigenvalue weighted by Gasteiger charge is -2.23. The van der Waals surface area contributed by atoms with Crippen LogP contribution in [0, 0.1) is 5.92 Å². The fourth-order valence-corrected chi connectivity index (χ4v) is 2.54. The topological polar surface area (TPSA) is 177 Å². The summed E-state index contributed by atoms with van der Waals surface area (Å²) in [5, 5.41) is 16.5. The van der Waals surface area contributed by atoms with Crippen molar-refractivity contribution in [1.29, 1.82) is 0 Å². The molecule has 0 fully saturated rings. The van der Waals surface area contributed by atoms with Gasteiger partial charge in [0.15, 0.2) is 0 Å². The van der Waals surface area contributed by atoms with E-state index in [2.05, 4.69) is 28.6 Å². The molecule has 0 radical (unpaired) electrons. The summed E-state index contributed by atoms with van der Waals surface area (Å²) >= 11 is 4.06. The monoisotopic (exact) mass is 419 g/mol. The highest BCUT2D eigenvalue weighted by molar-refractivity contribution is 7.80. The van der Waals surface area contributed by atoms with Gasteiger partial charge in [0, 0.05) is 5.75 Å². The van der Waals surface area contributed by atoms with Gasteiger partial charge in [-0.2, -0.15) is 12.6 Å². The van der Waals surface area contributed by atoms with E-state index in [0.29, 0.717) is 19.4 Å². The number of amides is 3. The van der Waals surface area contributed by atoms with Gasteiger partial charge in [-0.3, -0.25) is 14.4 Å². The number of thiol groups is 1. The molecule has 0 spiro atoms. The molecule has 0 aromatic rings. The van der Waals surface area contributed by atoms with E-state index in [0.717, 1.165) is 6.42 Å². The number of carbonyl (C=O) groups is 4. The molecule has 4 atom stereocenters. The third kappa shape index (κ3) is 9.38. The summed E-state index contributed by atoms with van der Waals surface area (Å²) in [6, 6.07) is -3.82. The van der Waals surface area contributed by atoms with Gasteiger partial charge in [0.25, 0.3) is 0 Å². The molecule has 10 nitrogen and oxygen atoms in total. The van der Waals surface area contributed by atoms with Crippen LogP contribution in [0.5, 0.6) is 0 Å². The Labute approximate surface area is 171 Å². The fourth-order valence-electron chi connectivity index (χ4n) is 2.28. The average molecular weight is 420 g/mol. The molecule has 0 saturated heterocycles. The molecule has 8 N–H and O–H groups in total. The van der Waals surface area contributed by atoms with Gasteiger partial charge in [-0.15, -0.1) is 0 Å². The highest BCUT2D eigenvalue weighted by Gasteiger charge is 2.28. The number of carbonyl (C=O) groups excluding carboxylic acids is 3. The van der Waals surface area contributed by atoms with E-state index >= 15 is 0 Å². The first-order valence-corrected chi connectivity index (χ1v) is 9.88. The number of hydrogen-bond donors (Lipinski definition) is 7. The Hall–Kier alpha value is -1.85. The zero-order valence-corrected chi connectivity index (χ0v) is 17.5. The van der Waals surface area contributed by atoms with Gasteiger partial charge < -0.3 is 32.5 Å². The lowest BCUT2D eigenvalue weighted by molar-refractivity contribution is -0.143. The molecular weight excluding hydrogens is 386 g/mol. The van der Waals surface area contributed by atoms with Gasteiger partial charge >= 0.3 is 5.97 Å². The maximum absolute atomic E-state index is 12.3. The highest BCUT2D eigenvalue weighted by Crippen LogP contribution is 2.03. The summed E-state index contributed by atoms with van der Waals surface area (Å²) in [5.74, 6) is -3.23. The minimum Gasteiger partial charge on any atom is -0.480 e. The number of carboxylic acids is 1. The van der Waals surface area contributed by atoms with Crippen molar-refractivity contribution >= 4 is 36.3 Å². The Kier molecular flexibility index (Phi) is 12.5. The van der Waals surface area contributed by atoms with Crippen molar-refractivity contribution < 1.29 is 24.3 Å². The molecule has 0 aromatic carbocycles. The zero-order chi connectivity index (χ0) is 21.9. The predicted octanol–water partition coefficient (Wildman–Crippen LogP) is -1.41. The van der Waals surface area contributed by atoms with Crippen LogP contribution in [0.4, 0.5) is 0 Å². The Morgan fingerprint density at radius 1 is 0.964 bits per heavy atom. The molecule has 0 aliphatic rings. The van der Waals surface area contributed by atoms with Crippen molar-refractivity contribution in [2.45, 2.75) is 64.2 Å². The van der Waals surface area contributed by atoms with Crippen LogP contribution in [0.2, 0.25) is 0 Å². The number of rotatable bonds is 13. The maximum atomic E-state index is 12.3. The van der Waals surface area contributed by atoms with Gasteiger partial charge in [-0.05, 0) is 32.2 Å². The first-order valence-electron chi connectivity index (χ1n) is 9.25. The first-order chi connectivity index (χ1) is 13.0. The second-order valence-electron chi connectivity index (χ2n) is 6.93. The molecule has 28 heavy (non-hydrogen) atoms. The lowest BCUT2D eigenvalue weighted by atomic mass is 10.0. The second-order valence-corrected chi connectivity index (χ2v) is 7.30. The molecule has 0 heterocycles. The summed E-state index contributed by atoms with van der Waals surface area (Å²) in [4.78, 5) is 47.8. The smallest absolute Gasteiger partial charge is 0.326 e. The fraction of sp³-hybridized carbons (Fsp3) is 0.765. The summed E-state index contributed by atoms with van der Waals surface area (Å²) in [6.45, 7) is 5.25. The van der Waals surface area contributed by atoms with E-state index < -0.39 is 47.9 Å². The van der Waals surface area contributed by atoms with E-state index in [1.54, 1.807) is 13.8 Å². The van der Waals surface area contributed by atoms with Gasteiger partial charge in [-0.25, -0.2) is 4.79 Å². The van der Waals surface area contributed by atoms with E-state index in [1.807, 2.05) is 0 Å². The molecule has 3 amide bonds. The molecule has 11 heteroatoms. The molecular formula is C17H33N5O5S. The molecule has 0 rings (SSSR count). The van der Waals surface area contributed by atoms with Crippen LogP contribution in [0.25, 0.3) is 0 Å². The quantitative estimate of drug-likeness (QED) is 0.142. The van der Waals surface area contributed by atoms with Crippen molar-refractivity contribution in [2.75, 3.05) is 12.3 Å². The number of aliphatic carboxylic acids is 1. The van der Waals surface area contributed by atoms with E-state index in [9.17, 15) is 19.2 Å². The molecule has 0 aliphatic carbocycles. The zero-order valence-electron chi connectivity index (χ0n) is 16.6. The normalized spacial score (nSPS) is 15.2. The predicted molar refractivity (Wildman–Crippen MR) is 109 cm³/mol. The largest absolute Gasteiger partial charge is 0.480 e. The minimum atomic E-state index is -1.16. The van der Waals surface area contributed by atoms with Crippen molar-refractivity contribution in [3.8, 4) is 0 Å². The lowest BCUT2D eigenvalue weighted by Crippen LogP contribution is -2.57. The Morgan fingerprint density at radius 3 is 2.04 bits per heavy atom. The van der Waals surface area contributed by atoms with Crippen molar-refractivity contribution in [1.82, 2.24) is 16.0 Å².